The smallest absolute Gasteiger partial charge is 0.314 e. The SMILES string of the molecule is CNc1cc(-c2cccc3[nH]ccc23)c(F)cc1N(C=O)Cc1ccc(-c2nnc(C(F)F)o2)cn1. The average molecular weight is 492 g/mol. The number of alkyl halides is 2. The summed E-state index contributed by atoms with van der Waals surface area (Å²) in [6.45, 7) is 0.0384. The number of hydrogen-bond donors (Lipinski definition) is 2. The zero-order valence-corrected chi connectivity index (χ0v) is 18.9. The molecule has 5 rings (SSSR count). The molecule has 2 N–H and O–H groups in total. The summed E-state index contributed by atoms with van der Waals surface area (Å²) in [5.41, 5.74) is 3.71. The first-order valence-electron chi connectivity index (χ1n) is 10.8. The largest absolute Gasteiger partial charge is 0.415 e. The highest BCUT2D eigenvalue weighted by Gasteiger charge is 2.19. The minimum absolute atomic E-state index is 0.0384. The molecule has 0 aliphatic carbocycles. The number of halogens is 3. The first-order valence-corrected chi connectivity index (χ1v) is 10.8. The molecule has 11 heteroatoms. The summed E-state index contributed by atoms with van der Waals surface area (Å²) in [4.78, 5) is 20.7. The van der Waals surface area contributed by atoms with Gasteiger partial charge in [0, 0.05) is 42.0 Å². The lowest BCUT2D eigenvalue weighted by Crippen LogP contribution is -2.22. The molecule has 3 aromatic heterocycles. The third kappa shape index (κ3) is 4.26. The molecule has 0 bridgehead atoms. The number of H-pyrrole nitrogens is 1. The lowest BCUT2D eigenvalue weighted by atomic mass is 9.99. The molecule has 0 fully saturated rings. The van der Waals surface area contributed by atoms with Gasteiger partial charge in [-0.05, 0) is 35.9 Å². The summed E-state index contributed by atoms with van der Waals surface area (Å²) >= 11 is 0. The van der Waals surface area contributed by atoms with Gasteiger partial charge in [-0.15, -0.1) is 10.2 Å². The molecule has 0 aliphatic heterocycles. The second kappa shape index (κ2) is 9.53. The van der Waals surface area contributed by atoms with Gasteiger partial charge >= 0.3 is 6.43 Å². The van der Waals surface area contributed by atoms with Crippen LogP contribution in [0, 0.1) is 5.82 Å². The predicted octanol–water partition coefficient (Wildman–Crippen LogP) is 5.56. The Labute approximate surface area is 202 Å². The van der Waals surface area contributed by atoms with Crippen molar-refractivity contribution in [3.63, 3.8) is 0 Å². The first-order chi connectivity index (χ1) is 17.5. The van der Waals surface area contributed by atoms with Crippen LogP contribution < -0.4 is 10.2 Å². The van der Waals surface area contributed by atoms with Gasteiger partial charge in [0.1, 0.15) is 5.82 Å². The van der Waals surface area contributed by atoms with Crippen LogP contribution in [0.3, 0.4) is 0 Å². The lowest BCUT2D eigenvalue weighted by Gasteiger charge is -2.22. The maximum Gasteiger partial charge on any atom is 0.314 e. The molecule has 8 nitrogen and oxygen atoms in total. The van der Waals surface area contributed by atoms with E-state index < -0.39 is 18.1 Å². The second-order valence-corrected chi connectivity index (χ2v) is 7.86. The quantitative estimate of drug-likeness (QED) is 0.275. The molecule has 1 amide bonds. The van der Waals surface area contributed by atoms with Gasteiger partial charge in [-0.25, -0.2) is 4.39 Å². The molecule has 0 unspecified atom stereocenters. The summed E-state index contributed by atoms with van der Waals surface area (Å²) in [6, 6.07) is 13.6. The van der Waals surface area contributed by atoms with E-state index in [1.807, 2.05) is 24.3 Å². The highest BCUT2D eigenvalue weighted by molar-refractivity contribution is 5.97. The van der Waals surface area contributed by atoms with Crippen molar-refractivity contribution >= 4 is 28.7 Å². The fraction of sp³-hybridized carbons (Fsp3) is 0.120. The standard InChI is InChI=1S/C25H19F3N6O2/c1-29-21-9-18(16-3-2-4-20-17(16)7-8-30-20)19(26)10-22(21)34(13-35)12-15-6-5-14(11-31-15)24-32-33-25(36-24)23(27)28/h2-11,13,23,29-30H,12H2,1H3. The maximum absolute atomic E-state index is 15.3. The minimum atomic E-state index is -2.87. The van der Waals surface area contributed by atoms with E-state index in [0.717, 1.165) is 16.5 Å². The first kappa shape index (κ1) is 23.1. The van der Waals surface area contributed by atoms with Crippen LogP contribution in [0.15, 0.2) is 65.3 Å². The zero-order valence-electron chi connectivity index (χ0n) is 18.9. The minimum Gasteiger partial charge on any atom is -0.415 e. The van der Waals surface area contributed by atoms with Crippen molar-refractivity contribution in [3.05, 3.63) is 78.3 Å². The summed E-state index contributed by atoms with van der Waals surface area (Å²) in [6.07, 6.45) is 0.886. The van der Waals surface area contributed by atoms with E-state index in [4.69, 9.17) is 4.42 Å². The highest BCUT2D eigenvalue weighted by atomic mass is 19.3. The molecule has 0 aliphatic rings. The lowest BCUT2D eigenvalue weighted by molar-refractivity contribution is -0.107. The molecule has 0 saturated heterocycles. The van der Waals surface area contributed by atoms with Crippen molar-refractivity contribution in [1.82, 2.24) is 20.2 Å². The van der Waals surface area contributed by atoms with Crippen LogP contribution in [0.4, 0.5) is 24.5 Å². The van der Waals surface area contributed by atoms with Crippen LogP contribution >= 0.6 is 0 Å². The Morgan fingerprint density at radius 2 is 2.00 bits per heavy atom. The van der Waals surface area contributed by atoms with E-state index in [1.165, 1.54) is 17.2 Å². The van der Waals surface area contributed by atoms with E-state index in [0.29, 0.717) is 34.6 Å². The summed E-state index contributed by atoms with van der Waals surface area (Å²) in [5.74, 6) is -1.36. The van der Waals surface area contributed by atoms with Crippen molar-refractivity contribution in [1.29, 1.82) is 0 Å². The predicted molar refractivity (Wildman–Crippen MR) is 128 cm³/mol. The van der Waals surface area contributed by atoms with Crippen molar-refractivity contribution in [2.45, 2.75) is 13.0 Å². The van der Waals surface area contributed by atoms with Gasteiger partial charge in [0.15, 0.2) is 0 Å². The molecule has 36 heavy (non-hydrogen) atoms. The molecule has 2 aromatic carbocycles. The summed E-state index contributed by atoms with van der Waals surface area (Å²) in [5, 5.41) is 10.8. The fourth-order valence-electron chi connectivity index (χ4n) is 3.96. The van der Waals surface area contributed by atoms with Gasteiger partial charge in [-0.3, -0.25) is 9.78 Å². The number of aromatic amines is 1. The number of nitrogens with one attached hydrogen (secondary N) is 2. The molecule has 0 spiro atoms. The topological polar surface area (TPSA) is 99.9 Å². The van der Waals surface area contributed by atoms with Gasteiger partial charge in [0.05, 0.1) is 29.2 Å². The van der Waals surface area contributed by atoms with Crippen molar-refractivity contribution in [3.8, 4) is 22.6 Å². The Balaban J connectivity index is 1.43. The van der Waals surface area contributed by atoms with Crippen LogP contribution in [0.25, 0.3) is 33.5 Å². The Kier molecular flexibility index (Phi) is 6.11. The average Bonchev–Trinajstić information content (AvgIpc) is 3.58. The van der Waals surface area contributed by atoms with Crippen LogP contribution in [0.5, 0.6) is 0 Å². The number of rotatable bonds is 8. The van der Waals surface area contributed by atoms with Crippen molar-refractivity contribution in [2.75, 3.05) is 17.3 Å². The molecule has 3 heterocycles. The Bertz CT molecular complexity index is 1530. The fourth-order valence-corrected chi connectivity index (χ4v) is 3.96. The van der Waals surface area contributed by atoms with Crippen LogP contribution in [0.1, 0.15) is 18.0 Å². The number of pyridine rings is 1. The molecular formula is C25H19F3N6O2. The van der Waals surface area contributed by atoms with E-state index >= 15 is 4.39 Å². The number of anilines is 2. The normalized spacial score (nSPS) is 11.2. The van der Waals surface area contributed by atoms with Gasteiger partial charge < -0.3 is 19.6 Å². The summed E-state index contributed by atoms with van der Waals surface area (Å²) in [7, 11) is 1.69. The molecule has 0 radical (unpaired) electrons. The van der Waals surface area contributed by atoms with Gasteiger partial charge in [-0.1, -0.05) is 12.1 Å². The van der Waals surface area contributed by atoms with E-state index in [2.05, 4.69) is 25.5 Å². The number of hydrogen-bond acceptors (Lipinski definition) is 6. The summed E-state index contributed by atoms with van der Waals surface area (Å²) < 4.78 is 45.6. The molecule has 182 valence electrons. The van der Waals surface area contributed by atoms with E-state index in [1.54, 1.807) is 31.4 Å². The zero-order chi connectivity index (χ0) is 25.2. The molecule has 0 atom stereocenters. The van der Waals surface area contributed by atoms with Crippen LogP contribution in [-0.4, -0.2) is 33.6 Å². The molecule has 5 aromatic rings. The maximum atomic E-state index is 15.3. The number of amides is 1. The van der Waals surface area contributed by atoms with Crippen LogP contribution in [-0.2, 0) is 11.3 Å². The van der Waals surface area contributed by atoms with E-state index in [-0.39, 0.29) is 12.4 Å². The highest BCUT2D eigenvalue weighted by Crippen LogP contribution is 2.37. The Morgan fingerprint density at radius 1 is 1.14 bits per heavy atom. The van der Waals surface area contributed by atoms with Gasteiger partial charge in [0.2, 0.25) is 12.3 Å². The molecular weight excluding hydrogens is 473 g/mol. The van der Waals surface area contributed by atoms with Crippen LogP contribution in [0.2, 0.25) is 0 Å². The third-order valence-corrected chi connectivity index (χ3v) is 5.71. The van der Waals surface area contributed by atoms with Crippen molar-refractivity contribution < 1.29 is 22.4 Å². The van der Waals surface area contributed by atoms with Gasteiger partial charge in [0.25, 0.3) is 5.89 Å². The van der Waals surface area contributed by atoms with E-state index in [9.17, 15) is 13.6 Å². The molecule has 0 saturated carbocycles. The Morgan fingerprint density at radius 3 is 2.69 bits per heavy atom. The monoisotopic (exact) mass is 492 g/mol. The van der Waals surface area contributed by atoms with Gasteiger partial charge in [-0.2, -0.15) is 8.78 Å². The third-order valence-electron chi connectivity index (χ3n) is 5.71. The number of benzene rings is 2. The number of fused-ring (bicyclic) bond motifs is 1. The number of aromatic nitrogens is 4. The second-order valence-electron chi connectivity index (χ2n) is 7.86. The van der Waals surface area contributed by atoms with Crippen molar-refractivity contribution in [2.24, 2.45) is 0 Å². The Hall–Kier alpha value is -4.67. The number of carbonyl (C=O) groups excluding carboxylic acids is 1. The number of carbonyl (C=O) groups is 1. The number of nitrogens with zero attached hydrogens (tertiary/aromatic N) is 4.